The van der Waals surface area contributed by atoms with Gasteiger partial charge in [0.05, 0.1) is 13.2 Å². The highest BCUT2D eigenvalue weighted by Crippen LogP contribution is 2.55. The van der Waals surface area contributed by atoms with Gasteiger partial charge in [0.1, 0.15) is 0 Å². The highest BCUT2D eigenvalue weighted by atomic mass is 19.3. The molecule has 3 fully saturated rings. The Morgan fingerprint density at radius 1 is 1.19 bits per heavy atom. The average Bonchev–Trinajstić information content (AvgIpc) is 2.03. The maximum absolute atomic E-state index is 13.0. The molecule has 2 heterocycles. The molecule has 0 bridgehead atoms. The molecule has 2 saturated heterocycles. The molecule has 0 atom stereocenters. The van der Waals surface area contributed by atoms with E-state index in [1.165, 1.54) is 0 Å². The first kappa shape index (κ1) is 10.9. The van der Waals surface area contributed by atoms with Crippen LogP contribution in [0.2, 0.25) is 0 Å². The highest BCUT2D eigenvalue weighted by molar-refractivity contribution is 5.05. The number of rotatable bonds is 3. The standard InChI is InChI=1S/C12H19F2NO/c1-2-10(3-12(13,14)4-10)5-15-6-11(7-15)8-16-9-11/h2-9H2,1H3. The molecule has 1 saturated carbocycles. The molecule has 1 spiro atoms. The fourth-order valence-electron chi connectivity index (χ4n) is 3.58. The second kappa shape index (κ2) is 3.16. The Bertz CT molecular complexity index is 285. The predicted octanol–water partition coefficient (Wildman–Crippen LogP) is 2.14. The van der Waals surface area contributed by atoms with Gasteiger partial charge in [0.25, 0.3) is 0 Å². The van der Waals surface area contributed by atoms with Crippen LogP contribution in [0, 0.1) is 10.8 Å². The Balaban J connectivity index is 1.51. The van der Waals surface area contributed by atoms with E-state index in [2.05, 4.69) is 4.90 Å². The van der Waals surface area contributed by atoms with Crippen LogP contribution in [-0.4, -0.2) is 43.7 Å². The molecule has 1 aliphatic carbocycles. The van der Waals surface area contributed by atoms with Crippen LogP contribution in [0.3, 0.4) is 0 Å². The van der Waals surface area contributed by atoms with Gasteiger partial charge in [-0.1, -0.05) is 6.92 Å². The van der Waals surface area contributed by atoms with E-state index < -0.39 is 5.92 Å². The van der Waals surface area contributed by atoms with Gasteiger partial charge in [-0.3, -0.25) is 0 Å². The maximum Gasteiger partial charge on any atom is 0.249 e. The van der Waals surface area contributed by atoms with Crippen LogP contribution in [0.4, 0.5) is 8.78 Å². The third-order valence-corrected chi connectivity index (χ3v) is 4.51. The lowest BCUT2D eigenvalue weighted by atomic mass is 9.63. The molecule has 3 aliphatic rings. The largest absolute Gasteiger partial charge is 0.380 e. The van der Waals surface area contributed by atoms with Crippen molar-refractivity contribution in [3.05, 3.63) is 0 Å². The molecule has 0 N–H and O–H groups in total. The van der Waals surface area contributed by atoms with Crippen molar-refractivity contribution in [2.75, 3.05) is 32.8 Å². The lowest BCUT2D eigenvalue weighted by Crippen LogP contribution is -2.68. The quantitative estimate of drug-likeness (QED) is 0.738. The van der Waals surface area contributed by atoms with Crippen LogP contribution in [-0.2, 0) is 4.74 Å². The molecule has 2 nitrogen and oxygen atoms in total. The average molecular weight is 231 g/mol. The first-order valence-electron chi connectivity index (χ1n) is 6.15. The maximum atomic E-state index is 13.0. The minimum Gasteiger partial charge on any atom is -0.380 e. The summed E-state index contributed by atoms with van der Waals surface area (Å²) >= 11 is 0. The van der Waals surface area contributed by atoms with Gasteiger partial charge in [-0.15, -0.1) is 0 Å². The van der Waals surface area contributed by atoms with Crippen LogP contribution in [0.1, 0.15) is 26.2 Å². The summed E-state index contributed by atoms with van der Waals surface area (Å²) in [4.78, 5) is 2.33. The van der Waals surface area contributed by atoms with Crippen molar-refractivity contribution in [3.8, 4) is 0 Å². The van der Waals surface area contributed by atoms with Crippen LogP contribution in [0.25, 0.3) is 0 Å². The van der Waals surface area contributed by atoms with E-state index >= 15 is 0 Å². The third kappa shape index (κ3) is 1.58. The molecule has 3 rings (SSSR count). The molecule has 16 heavy (non-hydrogen) atoms. The van der Waals surface area contributed by atoms with Crippen molar-refractivity contribution in [2.24, 2.45) is 10.8 Å². The summed E-state index contributed by atoms with van der Waals surface area (Å²) < 4.78 is 31.2. The normalized spacial score (nSPS) is 33.9. The molecule has 0 unspecified atom stereocenters. The third-order valence-electron chi connectivity index (χ3n) is 4.51. The number of hydrogen-bond acceptors (Lipinski definition) is 2. The molecular weight excluding hydrogens is 212 g/mol. The zero-order valence-corrected chi connectivity index (χ0v) is 9.77. The molecule has 0 aromatic carbocycles. The lowest BCUT2D eigenvalue weighted by molar-refractivity contribution is -0.218. The minimum absolute atomic E-state index is 0.0938. The van der Waals surface area contributed by atoms with Crippen LogP contribution >= 0.6 is 0 Å². The summed E-state index contributed by atoms with van der Waals surface area (Å²) in [6.07, 6.45) is 1.07. The van der Waals surface area contributed by atoms with Crippen molar-refractivity contribution in [1.29, 1.82) is 0 Å². The van der Waals surface area contributed by atoms with Gasteiger partial charge in [0.15, 0.2) is 0 Å². The summed E-state index contributed by atoms with van der Waals surface area (Å²) in [6, 6.07) is 0. The van der Waals surface area contributed by atoms with Crippen molar-refractivity contribution in [1.82, 2.24) is 4.90 Å². The summed E-state index contributed by atoms with van der Waals surface area (Å²) in [5.74, 6) is -2.39. The van der Waals surface area contributed by atoms with Crippen LogP contribution in [0.15, 0.2) is 0 Å². The van der Waals surface area contributed by atoms with Crippen LogP contribution in [0.5, 0.6) is 0 Å². The number of ether oxygens (including phenoxy) is 1. The van der Waals surface area contributed by atoms with E-state index in [0.717, 1.165) is 39.3 Å². The van der Waals surface area contributed by atoms with E-state index in [4.69, 9.17) is 4.74 Å². The molecule has 0 amide bonds. The summed E-state index contributed by atoms with van der Waals surface area (Å²) in [5.41, 5.74) is 0.302. The van der Waals surface area contributed by atoms with Gasteiger partial charge in [-0.2, -0.15) is 0 Å². The van der Waals surface area contributed by atoms with Gasteiger partial charge in [-0.25, -0.2) is 8.78 Å². The number of nitrogens with zero attached hydrogens (tertiary/aromatic N) is 1. The van der Waals surface area contributed by atoms with Crippen molar-refractivity contribution in [2.45, 2.75) is 32.1 Å². The van der Waals surface area contributed by atoms with Crippen LogP contribution < -0.4 is 0 Å². The summed E-state index contributed by atoms with van der Waals surface area (Å²) in [7, 11) is 0. The Labute approximate surface area is 94.9 Å². The number of alkyl halides is 2. The van der Waals surface area contributed by atoms with E-state index in [0.29, 0.717) is 5.41 Å². The zero-order valence-electron chi connectivity index (χ0n) is 9.77. The Hall–Kier alpha value is -0.220. The molecule has 2 aliphatic heterocycles. The van der Waals surface area contributed by atoms with Gasteiger partial charge >= 0.3 is 0 Å². The topological polar surface area (TPSA) is 12.5 Å². The first-order chi connectivity index (χ1) is 7.47. The van der Waals surface area contributed by atoms with Crippen molar-refractivity contribution >= 4 is 0 Å². The van der Waals surface area contributed by atoms with E-state index in [-0.39, 0.29) is 18.3 Å². The molecule has 0 radical (unpaired) electrons. The predicted molar refractivity (Wildman–Crippen MR) is 56.6 cm³/mol. The summed E-state index contributed by atoms with van der Waals surface area (Å²) in [5, 5.41) is 0. The SMILES string of the molecule is CCC1(CN2CC3(COC3)C2)CC(F)(F)C1. The van der Waals surface area contributed by atoms with Crippen molar-refractivity contribution < 1.29 is 13.5 Å². The first-order valence-corrected chi connectivity index (χ1v) is 6.15. The second-order valence-electron chi connectivity index (χ2n) is 6.20. The lowest BCUT2D eigenvalue weighted by Gasteiger charge is -2.59. The van der Waals surface area contributed by atoms with E-state index in [1.54, 1.807) is 0 Å². The minimum atomic E-state index is -2.39. The van der Waals surface area contributed by atoms with Gasteiger partial charge in [0.2, 0.25) is 5.92 Å². The number of halogens is 2. The zero-order chi connectivity index (χ0) is 11.4. The number of likely N-dealkylation sites (tertiary alicyclic amines) is 1. The van der Waals surface area contributed by atoms with E-state index in [1.807, 2.05) is 6.92 Å². The number of hydrogen-bond donors (Lipinski definition) is 0. The Morgan fingerprint density at radius 3 is 2.19 bits per heavy atom. The molecule has 4 heteroatoms. The second-order valence-corrected chi connectivity index (χ2v) is 6.20. The van der Waals surface area contributed by atoms with E-state index in [9.17, 15) is 8.78 Å². The van der Waals surface area contributed by atoms with Gasteiger partial charge in [-0.05, 0) is 11.8 Å². The molecule has 0 aromatic rings. The molecule has 92 valence electrons. The van der Waals surface area contributed by atoms with Gasteiger partial charge < -0.3 is 9.64 Å². The Kier molecular flexibility index (Phi) is 2.16. The fourth-order valence-corrected chi connectivity index (χ4v) is 3.58. The molecular formula is C12H19F2NO. The highest BCUT2D eigenvalue weighted by Gasteiger charge is 2.58. The molecule has 0 aromatic heterocycles. The summed E-state index contributed by atoms with van der Waals surface area (Å²) in [6.45, 7) is 6.76. The smallest absolute Gasteiger partial charge is 0.249 e. The van der Waals surface area contributed by atoms with Crippen molar-refractivity contribution in [3.63, 3.8) is 0 Å². The monoisotopic (exact) mass is 231 g/mol. The Morgan fingerprint density at radius 2 is 1.81 bits per heavy atom. The fraction of sp³-hybridized carbons (Fsp3) is 1.00. The van der Waals surface area contributed by atoms with Gasteiger partial charge in [0, 0.05) is 37.9 Å².